The average molecular weight is 517 g/mol. The topological polar surface area (TPSA) is 110 Å². The van der Waals surface area contributed by atoms with Crippen molar-refractivity contribution in [1.82, 2.24) is 19.9 Å². The van der Waals surface area contributed by atoms with Gasteiger partial charge in [0.1, 0.15) is 17.8 Å². The van der Waals surface area contributed by atoms with E-state index in [0.29, 0.717) is 28.9 Å². The number of aromatic nitrogens is 4. The first-order valence-electron chi connectivity index (χ1n) is 12.0. The van der Waals surface area contributed by atoms with E-state index in [0.717, 1.165) is 48.1 Å². The summed E-state index contributed by atoms with van der Waals surface area (Å²) in [6, 6.07) is 13.4. The highest BCUT2D eigenvalue weighted by atomic mass is 19.3. The van der Waals surface area contributed by atoms with Crippen LogP contribution in [-0.4, -0.2) is 39.2 Å². The molecule has 0 atom stereocenters. The van der Waals surface area contributed by atoms with Crippen molar-refractivity contribution in [2.75, 3.05) is 17.7 Å². The lowest BCUT2D eigenvalue weighted by atomic mass is 10.0. The molecule has 0 aliphatic heterocycles. The molecule has 1 fully saturated rings. The van der Waals surface area contributed by atoms with Crippen LogP contribution in [0.3, 0.4) is 0 Å². The van der Waals surface area contributed by atoms with E-state index in [-0.39, 0.29) is 11.3 Å². The van der Waals surface area contributed by atoms with Gasteiger partial charge in [-0.05, 0) is 67.8 Å². The number of nitrogens with zero attached hydrogens (tertiary/aromatic N) is 4. The molecule has 0 unspecified atom stereocenters. The summed E-state index contributed by atoms with van der Waals surface area (Å²) in [5, 5.41) is 5.77. The highest BCUT2D eigenvalue weighted by Crippen LogP contribution is 2.28. The Labute approximate surface area is 218 Å². The molecule has 1 amide bonds. The number of anilines is 2. The molecule has 1 aliphatic carbocycles. The molecule has 0 radical (unpaired) electrons. The molecule has 5 rings (SSSR count). The van der Waals surface area contributed by atoms with Gasteiger partial charge in [0.25, 0.3) is 12.3 Å². The van der Waals surface area contributed by atoms with Gasteiger partial charge in [0.2, 0.25) is 0 Å². The molecule has 1 aromatic carbocycles. The summed E-state index contributed by atoms with van der Waals surface area (Å²) in [5.41, 5.74) is 3.65. The van der Waals surface area contributed by atoms with Crippen LogP contribution in [0.25, 0.3) is 22.6 Å². The minimum Gasteiger partial charge on any atom is -0.373 e. The summed E-state index contributed by atoms with van der Waals surface area (Å²) in [6.07, 6.45) is 5.12. The molecular formula is C28H26F2N6O2. The fraction of sp³-hybridized carbons (Fsp3) is 0.214. The molecule has 8 nitrogen and oxygen atoms in total. The van der Waals surface area contributed by atoms with Crippen LogP contribution in [0.2, 0.25) is 0 Å². The Morgan fingerprint density at radius 2 is 1.82 bits per heavy atom. The van der Waals surface area contributed by atoms with Crippen molar-refractivity contribution in [2.24, 2.45) is 5.92 Å². The fourth-order valence-corrected chi connectivity index (χ4v) is 3.43. The number of rotatable bonds is 7. The van der Waals surface area contributed by atoms with E-state index in [9.17, 15) is 18.4 Å². The van der Waals surface area contributed by atoms with E-state index in [4.69, 9.17) is 4.98 Å². The molecular weight excluding hydrogens is 490 g/mol. The van der Waals surface area contributed by atoms with Crippen LogP contribution in [-0.2, 0) is 4.79 Å². The highest BCUT2D eigenvalue weighted by molar-refractivity contribution is 6.04. The fourth-order valence-electron chi connectivity index (χ4n) is 3.43. The number of carbonyl (C=O) groups excluding carboxylic acids is 2. The number of carbonyl (C=O) groups is 2. The maximum absolute atomic E-state index is 12.7. The Morgan fingerprint density at radius 1 is 1.03 bits per heavy atom. The molecule has 0 bridgehead atoms. The third-order valence-electron chi connectivity index (χ3n) is 5.79. The van der Waals surface area contributed by atoms with Gasteiger partial charge in [-0.15, -0.1) is 0 Å². The van der Waals surface area contributed by atoms with E-state index in [2.05, 4.69) is 25.6 Å². The number of amides is 1. The van der Waals surface area contributed by atoms with Gasteiger partial charge in [0.15, 0.2) is 5.82 Å². The SMILES string of the molecule is CNc1cc(-c2nccc(-c3cc(NC(=O)c4ccc(C(F)F)nc4)ccc3C)n2)ccn1.O=CC1CC1. The Balaban J connectivity index is 0.000000603. The van der Waals surface area contributed by atoms with Gasteiger partial charge >= 0.3 is 0 Å². The van der Waals surface area contributed by atoms with Crippen LogP contribution in [0.5, 0.6) is 0 Å². The molecule has 1 saturated carbocycles. The summed E-state index contributed by atoms with van der Waals surface area (Å²) in [5.74, 6) is 1.26. The normalized spacial score (nSPS) is 12.3. The average Bonchev–Trinajstić information content (AvgIpc) is 3.79. The number of halogens is 2. The second-order valence-corrected chi connectivity index (χ2v) is 8.68. The third kappa shape index (κ3) is 6.78. The van der Waals surface area contributed by atoms with Crippen LogP contribution >= 0.6 is 0 Å². The lowest BCUT2D eigenvalue weighted by molar-refractivity contribution is -0.108. The smallest absolute Gasteiger partial charge is 0.280 e. The maximum atomic E-state index is 12.7. The van der Waals surface area contributed by atoms with E-state index in [1.807, 2.05) is 31.2 Å². The molecule has 3 aromatic heterocycles. The molecule has 2 N–H and O–H groups in total. The van der Waals surface area contributed by atoms with Crippen LogP contribution in [0.4, 0.5) is 20.3 Å². The summed E-state index contributed by atoms with van der Waals surface area (Å²) < 4.78 is 25.4. The second kappa shape index (κ2) is 12.1. The Hall–Kier alpha value is -4.60. The minimum atomic E-state index is -2.68. The van der Waals surface area contributed by atoms with Gasteiger partial charge in [0.05, 0.1) is 11.3 Å². The Bertz CT molecular complexity index is 1430. The first-order chi connectivity index (χ1) is 18.4. The molecule has 3 heterocycles. The molecule has 4 aromatic rings. The van der Waals surface area contributed by atoms with E-state index >= 15 is 0 Å². The Morgan fingerprint density at radius 3 is 2.45 bits per heavy atom. The molecule has 194 valence electrons. The van der Waals surface area contributed by atoms with Crippen molar-refractivity contribution in [2.45, 2.75) is 26.2 Å². The zero-order valence-electron chi connectivity index (χ0n) is 20.9. The third-order valence-corrected chi connectivity index (χ3v) is 5.79. The molecule has 38 heavy (non-hydrogen) atoms. The highest BCUT2D eigenvalue weighted by Gasteiger charge is 2.19. The van der Waals surface area contributed by atoms with Crippen molar-refractivity contribution < 1.29 is 18.4 Å². The van der Waals surface area contributed by atoms with Crippen LogP contribution in [0.15, 0.2) is 67.1 Å². The zero-order chi connectivity index (χ0) is 27.1. The van der Waals surface area contributed by atoms with Crippen LogP contribution in [0, 0.1) is 12.8 Å². The van der Waals surface area contributed by atoms with Crippen LogP contribution < -0.4 is 10.6 Å². The zero-order valence-corrected chi connectivity index (χ0v) is 20.9. The standard InChI is InChI=1S/C24H20F2N6O.C4H6O/c1-14-3-5-17(31-24(33)16-4-6-20(22(25)26)30-13-16)12-18(14)19-8-10-29-23(32-19)15-7-9-28-21(11-15)27-2;5-3-4-1-2-4/h3-13,22H,1-2H3,(H,27,28)(H,31,33);3-4H,1-2H2. The number of alkyl halides is 2. The number of pyridine rings is 2. The summed E-state index contributed by atoms with van der Waals surface area (Å²) in [6.45, 7) is 1.95. The first-order valence-corrected chi connectivity index (χ1v) is 12.0. The monoisotopic (exact) mass is 516 g/mol. The van der Waals surface area contributed by atoms with E-state index < -0.39 is 12.3 Å². The molecule has 1 aliphatic rings. The number of hydrogen-bond acceptors (Lipinski definition) is 7. The Kier molecular flexibility index (Phi) is 8.42. The van der Waals surface area contributed by atoms with E-state index in [1.54, 1.807) is 31.6 Å². The predicted octanol–water partition coefficient (Wildman–Crippen LogP) is 5.74. The number of benzene rings is 1. The van der Waals surface area contributed by atoms with Crippen molar-refractivity contribution in [3.8, 4) is 22.6 Å². The predicted molar refractivity (Wildman–Crippen MR) is 141 cm³/mol. The van der Waals surface area contributed by atoms with Gasteiger partial charge in [-0.2, -0.15) is 0 Å². The number of hydrogen-bond donors (Lipinski definition) is 2. The van der Waals surface area contributed by atoms with Crippen molar-refractivity contribution in [3.05, 3.63) is 83.9 Å². The largest absolute Gasteiger partial charge is 0.373 e. The first kappa shape index (κ1) is 26.5. The van der Waals surface area contributed by atoms with E-state index in [1.165, 1.54) is 6.07 Å². The second-order valence-electron chi connectivity index (χ2n) is 8.68. The van der Waals surface area contributed by atoms with Crippen molar-refractivity contribution in [1.29, 1.82) is 0 Å². The number of aryl methyl sites for hydroxylation is 1. The van der Waals surface area contributed by atoms with Crippen molar-refractivity contribution in [3.63, 3.8) is 0 Å². The molecule has 0 spiro atoms. The minimum absolute atomic E-state index is 0.184. The van der Waals surface area contributed by atoms with Gasteiger partial charge in [-0.25, -0.2) is 23.7 Å². The van der Waals surface area contributed by atoms with Gasteiger partial charge in [0, 0.05) is 48.4 Å². The summed E-state index contributed by atoms with van der Waals surface area (Å²) in [7, 11) is 1.79. The van der Waals surface area contributed by atoms with Crippen molar-refractivity contribution >= 4 is 23.7 Å². The number of aldehydes is 1. The quantitative estimate of drug-likeness (QED) is 0.302. The number of nitrogens with one attached hydrogen (secondary N) is 2. The van der Waals surface area contributed by atoms with Gasteiger partial charge < -0.3 is 15.4 Å². The molecule has 10 heteroatoms. The van der Waals surface area contributed by atoms with Crippen LogP contribution in [0.1, 0.15) is 40.9 Å². The summed E-state index contributed by atoms with van der Waals surface area (Å²) in [4.78, 5) is 39.0. The van der Waals surface area contributed by atoms with Gasteiger partial charge in [-0.3, -0.25) is 9.78 Å². The lowest BCUT2D eigenvalue weighted by Gasteiger charge is -2.11. The lowest BCUT2D eigenvalue weighted by Crippen LogP contribution is -2.12. The van der Waals surface area contributed by atoms with Gasteiger partial charge in [-0.1, -0.05) is 6.07 Å². The molecule has 0 saturated heterocycles. The maximum Gasteiger partial charge on any atom is 0.280 e. The summed E-state index contributed by atoms with van der Waals surface area (Å²) >= 11 is 0.